The van der Waals surface area contributed by atoms with Gasteiger partial charge in [0.15, 0.2) is 0 Å². The molecule has 5 heterocycles. The van der Waals surface area contributed by atoms with Gasteiger partial charge in [0.25, 0.3) is 11.8 Å². The van der Waals surface area contributed by atoms with Crippen molar-refractivity contribution < 1.29 is 23.1 Å². The predicted octanol–water partition coefficient (Wildman–Crippen LogP) is 2.83. The maximum absolute atomic E-state index is 14.3. The van der Waals surface area contributed by atoms with Crippen molar-refractivity contribution >= 4 is 22.8 Å². The largest absolute Gasteiger partial charge is 0.387 e. The van der Waals surface area contributed by atoms with Gasteiger partial charge in [-0.05, 0) is 38.1 Å². The number of carbonyl (C=O) groups is 1. The van der Waals surface area contributed by atoms with E-state index in [0.29, 0.717) is 28.2 Å². The SMILES string of the molecule is CC(C)(O)C(F)CNC(=O)c1cnc(-c2ccc3cc(C#N)cnn23)cc1Nc1cnn(C2CNCC2(F)F)c1. The van der Waals surface area contributed by atoms with Gasteiger partial charge in [0, 0.05) is 18.9 Å². The highest BCUT2D eigenvalue weighted by molar-refractivity contribution is 6.00. The Morgan fingerprint density at radius 1 is 1.30 bits per heavy atom. The fourth-order valence-electron chi connectivity index (χ4n) is 4.32. The summed E-state index contributed by atoms with van der Waals surface area (Å²) in [7, 11) is 0. The van der Waals surface area contributed by atoms with Gasteiger partial charge in [0.2, 0.25) is 0 Å². The second-order valence-corrected chi connectivity index (χ2v) is 10.1. The number of nitrogens with one attached hydrogen (secondary N) is 3. The Labute approximate surface area is 226 Å². The molecule has 1 aliphatic heterocycles. The third-order valence-electron chi connectivity index (χ3n) is 6.63. The number of carbonyl (C=O) groups excluding carboxylic acids is 1. The summed E-state index contributed by atoms with van der Waals surface area (Å²) in [6, 6.07) is 7.61. The van der Waals surface area contributed by atoms with Gasteiger partial charge in [0.05, 0.1) is 70.5 Å². The Bertz CT molecular complexity index is 1600. The minimum Gasteiger partial charge on any atom is -0.387 e. The van der Waals surface area contributed by atoms with Crippen LogP contribution in [0.4, 0.5) is 24.5 Å². The van der Waals surface area contributed by atoms with E-state index in [1.54, 1.807) is 28.8 Å². The van der Waals surface area contributed by atoms with E-state index >= 15 is 0 Å². The van der Waals surface area contributed by atoms with Crippen molar-refractivity contribution in [1.82, 2.24) is 35.0 Å². The van der Waals surface area contributed by atoms with Crippen LogP contribution in [0, 0.1) is 11.3 Å². The van der Waals surface area contributed by atoms with Crippen LogP contribution in [0.2, 0.25) is 0 Å². The predicted molar refractivity (Wildman–Crippen MR) is 139 cm³/mol. The third-order valence-corrected chi connectivity index (χ3v) is 6.63. The topological polar surface area (TPSA) is 145 Å². The van der Waals surface area contributed by atoms with Gasteiger partial charge in [-0.2, -0.15) is 15.5 Å². The van der Waals surface area contributed by atoms with Crippen LogP contribution in [0.1, 0.15) is 35.8 Å². The van der Waals surface area contributed by atoms with Crippen molar-refractivity contribution in [2.75, 3.05) is 25.0 Å². The van der Waals surface area contributed by atoms with Crippen LogP contribution in [0.15, 0.2) is 49.1 Å². The summed E-state index contributed by atoms with van der Waals surface area (Å²) in [4.78, 5) is 17.5. The lowest BCUT2D eigenvalue weighted by Gasteiger charge is -2.22. The molecule has 0 saturated carbocycles. The lowest BCUT2D eigenvalue weighted by molar-refractivity contribution is -0.0195. The molecular formula is C26H26F3N9O2. The molecule has 4 aromatic rings. The van der Waals surface area contributed by atoms with Crippen LogP contribution in [-0.2, 0) is 0 Å². The second-order valence-electron chi connectivity index (χ2n) is 10.1. The van der Waals surface area contributed by atoms with E-state index in [1.807, 2.05) is 6.07 Å². The van der Waals surface area contributed by atoms with Crippen molar-refractivity contribution in [2.24, 2.45) is 0 Å². The highest BCUT2D eigenvalue weighted by Crippen LogP contribution is 2.33. The smallest absolute Gasteiger partial charge is 0.283 e. The molecule has 1 saturated heterocycles. The normalized spacial score (nSPS) is 17.5. The van der Waals surface area contributed by atoms with Crippen molar-refractivity contribution in [3.05, 3.63) is 60.2 Å². The van der Waals surface area contributed by atoms with E-state index in [1.165, 1.54) is 43.3 Å². The minimum absolute atomic E-state index is 0.0490. The first-order chi connectivity index (χ1) is 19.0. The summed E-state index contributed by atoms with van der Waals surface area (Å²) in [5, 5.41) is 35.6. The van der Waals surface area contributed by atoms with E-state index in [4.69, 9.17) is 5.26 Å². The minimum atomic E-state index is -2.98. The molecule has 11 nitrogen and oxygen atoms in total. The molecule has 1 fully saturated rings. The molecule has 0 spiro atoms. The average Bonchev–Trinajstić information content (AvgIpc) is 3.63. The van der Waals surface area contributed by atoms with Crippen LogP contribution in [0.5, 0.6) is 0 Å². The van der Waals surface area contributed by atoms with Gasteiger partial charge >= 0.3 is 0 Å². The van der Waals surface area contributed by atoms with Crippen molar-refractivity contribution in [2.45, 2.75) is 37.6 Å². The number of halogens is 3. The molecule has 2 unspecified atom stereocenters. The highest BCUT2D eigenvalue weighted by Gasteiger charge is 2.45. The molecular weight excluding hydrogens is 527 g/mol. The van der Waals surface area contributed by atoms with Gasteiger partial charge in [-0.3, -0.25) is 14.5 Å². The summed E-state index contributed by atoms with van der Waals surface area (Å²) in [6.45, 7) is 1.75. The van der Waals surface area contributed by atoms with Gasteiger partial charge in [-0.1, -0.05) is 0 Å². The Balaban J connectivity index is 1.49. The summed E-state index contributed by atoms with van der Waals surface area (Å²) in [5.74, 6) is -3.64. The molecule has 208 valence electrons. The van der Waals surface area contributed by atoms with Crippen LogP contribution in [0.3, 0.4) is 0 Å². The number of aromatic nitrogens is 5. The van der Waals surface area contributed by atoms with E-state index in [-0.39, 0.29) is 17.8 Å². The number of hydrogen-bond donors (Lipinski definition) is 4. The lowest BCUT2D eigenvalue weighted by Crippen LogP contribution is -2.42. The zero-order chi connectivity index (χ0) is 28.7. The number of alkyl halides is 3. The first kappa shape index (κ1) is 27.1. The van der Waals surface area contributed by atoms with Crippen molar-refractivity contribution in [3.63, 3.8) is 0 Å². The Morgan fingerprint density at radius 3 is 2.80 bits per heavy atom. The number of nitriles is 1. The summed E-state index contributed by atoms with van der Waals surface area (Å²) in [5.41, 5.74) is 0.996. The average molecular weight is 554 g/mol. The fraction of sp³-hybridized carbons (Fsp3) is 0.346. The number of amides is 1. The quantitative estimate of drug-likeness (QED) is 0.261. The third kappa shape index (κ3) is 5.33. The van der Waals surface area contributed by atoms with E-state index in [2.05, 4.69) is 31.1 Å². The summed E-state index contributed by atoms with van der Waals surface area (Å²) in [6.07, 6.45) is 3.76. The zero-order valence-corrected chi connectivity index (χ0v) is 21.6. The van der Waals surface area contributed by atoms with Crippen LogP contribution >= 0.6 is 0 Å². The summed E-state index contributed by atoms with van der Waals surface area (Å²) >= 11 is 0. The van der Waals surface area contributed by atoms with E-state index in [9.17, 15) is 23.1 Å². The Hall–Kier alpha value is -4.48. The highest BCUT2D eigenvalue weighted by atomic mass is 19.3. The molecule has 1 aliphatic rings. The second kappa shape index (κ2) is 10.2. The molecule has 2 atom stereocenters. The zero-order valence-electron chi connectivity index (χ0n) is 21.6. The van der Waals surface area contributed by atoms with Crippen molar-refractivity contribution in [3.8, 4) is 17.5 Å². The molecule has 1 amide bonds. The maximum atomic E-state index is 14.3. The Kier molecular flexibility index (Phi) is 6.94. The lowest BCUT2D eigenvalue weighted by atomic mass is 10.0. The number of aliphatic hydroxyl groups is 1. The van der Waals surface area contributed by atoms with E-state index in [0.717, 1.165) is 0 Å². The van der Waals surface area contributed by atoms with Gasteiger partial charge in [-0.25, -0.2) is 17.7 Å². The number of pyridine rings is 1. The molecule has 0 radical (unpaired) electrons. The molecule has 5 rings (SSSR count). The van der Waals surface area contributed by atoms with Crippen molar-refractivity contribution in [1.29, 1.82) is 5.26 Å². The molecule has 0 aromatic carbocycles. The molecule has 0 bridgehead atoms. The van der Waals surface area contributed by atoms with Gasteiger partial charge in [-0.15, -0.1) is 0 Å². The molecule has 4 aromatic heterocycles. The molecule has 4 N–H and O–H groups in total. The number of fused-ring (bicyclic) bond motifs is 1. The number of hydrogen-bond acceptors (Lipinski definition) is 8. The van der Waals surface area contributed by atoms with Gasteiger partial charge < -0.3 is 21.1 Å². The molecule has 14 heteroatoms. The van der Waals surface area contributed by atoms with E-state index < -0.39 is 42.7 Å². The number of nitrogens with zero attached hydrogens (tertiary/aromatic N) is 6. The molecule has 40 heavy (non-hydrogen) atoms. The van der Waals surface area contributed by atoms with Gasteiger partial charge in [0.1, 0.15) is 18.3 Å². The maximum Gasteiger partial charge on any atom is 0.283 e. The Morgan fingerprint density at radius 2 is 2.10 bits per heavy atom. The summed E-state index contributed by atoms with van der Waals surface area (Å²) < 4.78 is 45.5. The standard InChI is InChI=1S/C26H26F3N9O2/c1-25(2,40)22(27)11-33-24(39)18-10-32-20(21-4-3-17-5-15(7-30)8-35-38(17)21)6-19(18)36-16-9-34-37(13-16)23-12-31-14-26(23,28)29/h3-6,8-10,13,22-23,31,40H,11-12,14H2,1-2H3,(H,32,36)(H,33,39). The van der Waals surface area contributed by atoms with Crippen LogP contribution in [-0.4, -0.2) is 72.7 Å². The number of rotatable bonds is 8. The number of anilines is 2. The molecule has 0 aliphatic carbocycles. The van der Waals surface area contributed by atoms with Crippen LogP contribution in [0.25, 0.3) is 16.9 Å². The van der Waals surface area contributed by atoms with Crippen LogP contribution < -0.4 is 16.0 Å². The first-order valence-corrected chi connectivity index (χ1v) is 12.4. The monoisotopic (exact) mass is 553 g/mol. The fourth-order valence-corrected chi connectivity index (χ4v) is 4.32. The first-order valence-electron chi connectivity index (χ1n) is 12.4.